The van der Waals surface area contributed by atoms with Crippen molar-refractivity contribution >= 4 is 21.8 Å². The smallest absolute Gasteiger partial charge is 0.0491 e. The fourth-order valence-electron chi connectivity index (χ4n) is 2.58. The molecule has 0 atom stereocenters. The number of unbranched alkanes of at least 4 members (excludes halogenated alkanes) is 1. The quantitative estimate of drug-likeness (QED) is 0.472. The summed E-state index contributed by atoms with van der Waals surface area (Å²) in [6.07, 6.45) is 7.20. The Bertz CT molecular complexity index is 675. The predicted molar refractivity (Wildman–Crippen MR) is 77.5 cm³/mol. The highest BCUT2D eigenvalue weighted by Crippen LogP contribution is 2.28. The van der Waals surface area contributed by atoms with Crippen molar-refractivity contribution in [3.8, 4) is 12.3 Å². The van der Waals surface area contributed by atoms with E-state index in [0.717, 1.165) is 19.4 Å². The number of nitrogens with zero attached hydrogens (tertiary/aromatic N) is 1. The minimum Gasteiger partial charge on any atom is -0.340 e. The molecule has 0 aliphatic carbocycles. The zero-order valence-electron chi connectivity index (χ0n) is 10.3. The van der Waals surface area contributed by atoms with Gasteiger partial charge in [0.25, 0.3) is 0 Å². The molecule has 0 saturated heterocycles. The Kier molecular flexibility index (Phi) is 2.78. The van der Waals surface area contributed by atoms with Crippen LogP contribution in [0.2, 0.25) is 0 Å². The Hall–Kier alpha value is -2.20. The standard InChI is InChI=1S/C17H15N/c1-2-3-8-13-18-16-11-6-4-9-14(16)15-10-5-7-12-17(15)18/h1,4-7,9-12H,3,8,13H2. The molecule has 2 aromatic carbocycles. The van der Waals surface area contributed by atoms with Crippen LogP contribution < -0.4 is 0 Å². The lowest BCUT2D eigenvalue weighted by atomic mass is 10.2. The molecule has 0 radical (unpaired) electrons. The molecule has 0 aliphatic rings. The van der Waals surface area contributed by atoms with Crippen LogP contribution in [0.15, 0.2) is 48.5 Å². The summed E-state index contributed by atoms with van der Waals surface area (Å²) in [5, 5.41) is 2.66. The topological polar surface area (TPSA) is 4.93 Å². The number of terminal acetylenes is 1. The molecule has 3 rings (SSSR count). The molecule has 0 unspecified atom stereocenters. The Morgan fingerprint density at radius 2 is 1.44 bits per heavy atom. The molecular weight excluding hydrogens is 218 g/mol. The number of fused-ring (bicyclic) bond motifs is 3. The summed E-state index contributed by atoms with van der Waals surface area (Å²) in [6, 6.07) is 17.1. The van der Waals surface area contributed by atoms with Gasteiger partial charge in [-0.25, -0.2) is 0 Å². The van der Waals surface area contributed by atoms with Crippen LogP contribution in [0.4, 0.5) is 0 Å². The Morgan fingerprint density at radius 1 is 0.889 bits per heavy atom. The van der Waals surface area contributed by atoms with E-state index in [1.807, 2.05) is 0 Å². The lowest BCUT2D eigenvalue weighted by Crippen LogP contribution is -1.96. The van der Waals surface area contributed by atoms with Gasteiger partial charge in [-0.15, -0.1) is 12.3 Å². The van der Waals surface area contributed by atoms with Gasteiger partial charge in [0.05, 0.1) is 0 Å². The van der Waals surface area contributed by atoms with Gasteiger partial charge in [0.15, 0.2) is 0 Å². The molecule has 3 aromatic rings. The molecule has 0 bridgehead atoms. The Balaban J connectivity index is 2.22. The number of aromatic nitrogens is 1. The third-order valence-corrected chi connectivity index (χ3v) is 3.38. The third-order valence-electron chi connectivity index (χ3n) is 3.38. The largest absolute Gasteiger partial charge is 0.340 e. The summed E-state index contributed by atoms with van der Waals surface area (Å²) in [5.41, 5.74) is 2.60. The molecule has 0 amide bonds. The maximum atomic E-state index is 5.33. The highest BCUT2D eigenvalue weighted by atomic mass is 15.0. The summed E-state index contributed by atoms with van der Waals surface area (Å²) < 4.78 is 2.38. The number of benzene rings is 2. The highest BCUT2D eigenvalue weighted by molar-refractivity contribution is 6.07. The third kappa shape index (κ3) is 1.67. The van der Waals surface area contributed by atoms with Crippen LogP contribution in [0, 0.1) is 12.3 Å². The summed E-state index contributed by atoms with van der Waals surface area (Å²) in [4.78, 5) is 0. The van der Waals surface area contributed by atoms with Crippen LogP contribution in [0.25, 0.3) is 21.8 Å². The molecule has 0 saturated carbocycles. The first kappa shape index (κ1) is 10.9. The number of aryl methyl sites for hydroxylation is 1. The van der Waals surface area contributed by atoms with E-state index in [0.29, 0.717) is 0 Å². The van der Waals surface area contributed by atoms with Crippen molar-refractivity contribution in [2.45, 2.75) is 19.4 Å². The van der Waals surface area contributed by atoms with Crippen LogP contribution in [0.3, 0.4) is 0 Å². The summed E-state index contributed by atoms with van der Waals surface area (Å²) >= 11 is 0. The lowest BCUT2D eigenvalue weighted by molar-refractivity contribution is 0.694. The maximum absolute atomic E-state index is 5.33. The second kappa shape index (κ2) is 4.58. The van der Waals surface area contributed by atoms with Crippen LogP contribution in [-0.4, -0.2) is 4.57 Å². The minimum atomic E-state index is 0.834. The van der Waals surface area contributed by atoms with Gasteiger partial charge in [-0.1, -0.05) is 36.4 Å². The molecule has 18 heavy (non-hydrogen) atoms. The van der Waals surface area contributed by atoms with Crippen molar-refractivity contribution in [3.05, 3.63) is 48.5 Å². The zero-order chi connectivity index (χ0) is 12.4. The SMILES string of the molecule is C#CCCCn1c2ccccc2c2ccccc21. The summed E-state index contributed by atoms with van der Waals surface area (Å²) in [5.74, 6) is 2.71. The van der Waals surface area contributed by atoms with Gasteiger partial charge in [0, 0.05) is 34.8 Å². The van der Waals surface area contributed by atoms with Crippen molar-refractivity contribution in [2.75, 3.05) is 0 Å². The van der Waals surface area contributed by atoms with Crippen molar-refractivity contribution < 1.29 is 0 Å². The monoisotopic (exact) mass is 233 g/mol. The van der Waals surface area contributed by atoms with Crippen LogP contribution in [0.1, 0.15) is 12.8 Å². The average Bonchev–Trinajstić information content (AvgIpc) is 2.74. The number of hydrogen-bond donors (Lipinski definition) is 0. The summed E-state index contributed by atoms with van der Waals surface area (Å²) in [6.45, 7) is 0.984. The molecule has 0 N–H and O–H groups in total. The van der Waals surface area contributed by atoms with Gasteiger partial charge in [-0.05, 0) is 18.6 Å². The van der Waals surface area contributed by atoms with Crippen molar-refractivity contribution in [2.24, 2.45) is 0 Å². The van der Waals surface area contributed by atoms with Crippen molar-refractivity contribution in [1.29, 1.82) is 0 Å². The molecule has 88 valence electrons. The van der Waals surface area contributed by atoms with E-state index in [-0.39, 0.29) is 0 Å². The van der Waals surface area contributed by atoms with Crippen molar-refractivity contribution in [3.63, 3.8) is 0 Å². The van der Waals surface area contributed by atoms with Crippen molar-refractivity contribution in [1.82, 2.24) is 4.57 Å². The first-order valence-corrected chi connectivity index (χ1v) is 6.31. The molecule has 1 aromatic heterocycles. The molecular formula is C17H15N. The number of rotatable bonds is 3. The molecule has 0 aliphatic heterocycles. The first-order valence-electron chi connectivity index (χ1n) is 6.31. The second-order valence-electron chi connectivity index (χ2n) is 4.49. The average molecular weight is 233 g/mol. The van der Waals surface area contributed by atoms with Gasteiger partial charge in [0.1, 0.15) is 0 Å². The zero-order valence-corrected chi connectivity index (χ0v) is 10.3. The van der Waals surface area contributed by atoms with Gasteiger partial charge >= 0.3 is 0 Å². The van der Waals surface area contributed by atoms with E-state index < -0.39 is 0 Å². The second-order valence-corrected chi connectivity index (χ2v) is 4.49. The van der Waals surface area contributed by atoms with Gasteiger partial charge in [0.2, 0.25) is 0 Å². The predicted octanol–water partition coefficient (Wildman–Crippen LogP) is 4.21. The van der Waals surface area contributed by atoms with E-state index in [4.69, 9.17) is 6.42 Å². The fourth-order valence-corrected chi connectivity index (χ4v) is 2.58. The molecule has 1 heterocycles. The molecule has 0 fully saturated rings. The van der Waals surface area contributed by atoms with E-state index >= 15 is 0 Å². The first-order chi connectivity index (χ1) is 8.92. The van der Waals surface area contributed by atoms with E-state index in [2.05, 4.69) is 59.0 Å². The van der Waals surface area contributed by atoms with E-state index in [1.165, 1.54) is 21.8 Å². The fraction of sp³-hybridized carbons (Fsp3) is 0.176. The van der Waals surface area contributed by atoms with Gasteiger partial charge < -0.3 is 4.57 Å². The summed E-state index contributed by atoms with van der Waals surface area (Å²) in [7, 11) is 0. The van der Waals surface area contributed by atoms with Gasteiger partial charge in [-0.3, -0.25) is 0 Å². The van der Waals surface area contributed by atoms with Crippen LogP contribution >= 0.6 is 0 Å². The lowest BCUT2D eigenvalue weighted by Gasteiger charge is -2.05. The Labute approximate surface area is 107 Å². The van der Waals surface area contributed by atoms with Gasteiger partial charge in [-0.2, -0.15) is 0 Å². The number of hydrogen-bond acceptors (Lipinski definition) is 0. The molecule has 1 heteroatoms. The van der Waals surface area contributed by atoms with E-state index in [1.54, 1.807) is 0 Å². The minimum absolute atomic E-state index is 0.834. The maximum Gasteiger partial charge on any atom is 0.0491 e. The number of para-hydroxylation sites is 2. The normalized spacial score (nSPS) is 10.8. The molecule has 0 spiro atoms. The van der Waals surface area contributed by atoms with Crippen LogP contribution in [0.5, 0.6) is 0 Å². The van der Waals surface area contributed by atoms with E-state index in [9.17, 15) is 0 Å². The Morgan fingerprint density at radius 3 is 2.00 bits per heavy atom. The highest BCUT2D eigenvalue weighted by Gasteiger charge is 2.08. The molecule has 1 nitrogen and oxygen atoms in total. The van der Waals surface area contributed by atoms with Crippen LogP contribution in [-0.2, 0) is 6.54 Å².